The number of aromatic nitrogens is 2. The molecule has 0 aliphatic heterocycles. The van der Waals surface area contributed by atoms with E-state index in [9.17, 15) is 23.3 Å². The number of rotatable bonds is 7. The van der Waals surface area contributed by atoms with Gasteiger partial charge in [0.2, 0.25) is 0 Å². The van der Waals surface area contributed by atoms with Gasteiger partial charge in [0.15, 0.2) is 26.4 Å². The van der Waals surface area contributed by atoms with E-state index in [1.807, 2.05) is 0 Å². The number of carbonyl (C=O) groups excluding carboxylic acids is 1. The van der Waals surface area contributed by atoms with E-state index in [1.165, 1.54) is 32.4 Å². The second-order valence-electron chi connectivity index (χ2n) is 6.54. The van der Waals surface area contributed by atoms with Crippen LogP contribution in [0.15, 0.2) is 53.6 Å². The number of methoxy groups -OCH3 is 2. The molecule has 12 heteroatoms. The van der Waals surface area contributed by atoms with E-state index in [1.54, 1.807) is 24.3 Å². The fourth-order valence-electron chi connectivity index (χ4n) is 2.80. The van der Waals surface area contributed by atoms with E-state index in [4.69, 9.17) is 9.47 Å². The third kappa shape index (κ3) is 4.81. The Hall–Kier alpha value is -4.06. The van der Waals surface area contributed by atoms with Crippen LogP contribution in [0.25, 0.3) is 11.3 Å². The molecule has 1 N–H and O–H groups in total. The molecule has 32 heavy (non-hydrogen) atoms. The molecule has 3 rings (SSSR count). The Balaban J connectivity index is 1.84. The molecule has 1 aromatic heterocycles. The van der Waals surface area contributed by atoms with Crippen molar-refractivity contribution < 1.29 is 27.6 Å². The average Bonchev–Trinajstić information content (AvgIpc) is 2.78. The highest BCUT2D eigenvalue weighted by molar-refractivity contribution is 7.90. The van der Waals surface area contributed by atoms with Gasteiger partial charge in [-0.2, -0.15) is 0 Å². The maximum atomic E-state index is 12.7. The van der Waals surface area contributed by atoms with Gasteiger partial charge < -0.3 is 14.8 Å². The lowest BCUT2D eigenvalue weighted by atomic mass is 10.1. The number of hydrogen-bond acceptors (Lipinski definition) is 9. The number of nitrogens with zero attached hydrogens (tertiary/aromatic N) is 3. The summed E-state index contributed by atoms with van der Waals surface area (Å²) in [6.07, 6.45) is 1.04. The first kappa shape index (κ1) is 22.6. The minimum absolute atomic E-state index is 0.128. The van der Waals surface area contributed by atoms with Crippen LogP contribution in [0.4, 0.5) is 11.4 Å². The number of hydrogen-bond donors (Lipinski definition) is 1. The predicted molar refractivity (Wildman–Crippen MR) is 115 cm³/mol. The zero-order valence-electron chi connectivity index (χ0n) is 17.2. The Morgan fingerprint density at radius 1 is 1.00 bits per heavy atom. The van der Waals surface area contributed by atoms with E-state index in [2.05, 4.69) is 15.5 Å². The van der Waals surface area contributed by atoms with Crippen molar-refractivity contribution >= 4 is 27.1 Å². The topological polar surface area (TPSA) is 151 Å². The highest BCUT2D eigenvalue weighted by atomic mass is 32.2. The highest BCUT2D eigenvalue weighted by Gasteiger charge is 2.24. The Labute approximate surface area is 183 Å². The third-order valence-corrected chi connectivity index (χ3v) is 5.38. The summed E-state index contributed by atoms with van der Waals surface area (Å²) in [6.45, 7) is 0. The first-order valence-electron chi connectivity index (χ1n) is 9.00. The number of nitro groups is 1. The summed E-state index contributed by atoms with van der Waals surface area (Å²) in [5.41, 5.74) is 0.818. The number of sulfone groups is 1. The molecule has 1 amide bonds. The lowest BCUT2D eigenvalue weighted by Crippen LogP contribution is -2.14. The predicted octanol–water partition coefficient (Wildman–Crippen LogP) is 2.72. The fraction of sp³-hybridized carbons (Fsp3) is 0.150. The van der Waals surface area contributed by atoms with E-state index < -0.39 is 26.4 Å². The van der Waals surface area contributed by atoms with E-state index in [0.29, 0.717) is 16.9 Å². The first-order valence-corrected chi connectivity index (χ1v) is 10.9. The molecule has 0 spiro atoms. The Kier molecular flexibility index (Phi) is 6.35. The largest absolute Gasteiger partial charge is 0.493 e. The Bertz CT molecular complexity index is 1270. The van der Waals surface area contributed by atoms with E-state index in [-0.39, 0.29) is 22.1 Å². The van der Waals surface area contributed by atoms with Gasteiger partial charge in [-0.25, -0.2) is 8.42 Å². The maximum absolute atomic E-state index is 12.7. The van der Waals surface area contributed by atoms with Gasteiger partial charge in [0.25, 0.3) is 11.6 Å². The van der Waals surface area contributed by atoms with Gasteiger partial charge in [-0.15, -0.1) is 10.2 Å². The molecule has 0 aliphatic rings. The monoisotopic (exact) mass is 458 g/mol. The van der Waals surface area contributed by atoms with Crippen LogP contribution < -0.4 is 14.8 Å². The average molecular weight is 458 g/mol. The summed E-state index contributed by atoms with van der Waals surface area (Å²) >= 11 is 0. The SMILES string of the molecule is COc1cc(C(=O)Nc2ccc(-c3ccc(S(C)(=O)=O)nn3)cc2)c([N+](=O)[O-])cc1OC. The molecule has 0 bridgehead atoms. The summed E-state index contributed by atoms with van der Waals surface area (Å²) < 4.78 is 33.2. The first-order chi connectivity index (χ1) is 15.1. The number of nitro benzene ring substituents is 1. The molecule has 3 aromatic rings. The fourth-order valence-corrected chi connectivity index (χ4v) is 3.30. The van der Waals surface area contributed by atoms with Gasteiger partial charge in [0, 0.05) is 23.6 Å². The molecule has 0 saturated heterocycles. The van der Waals surface area contributed by atoms with Crippen LogP contribution in [0, 0.1) is 10.1 Å². The molecular formula is C20H18N4O7S. The van der Waals surface area contributed by atoms with Crippen molar-refractivity contribution in [2.45, 2.75) is 5.03 Å². The number of nitrogens with one attached hydrogen (secondary N) is 1. The zero-order chi connectivity index (χ0) is 23.5. The van der Waals surface area contributed by atoms with Crippen LogP contribution in [0.1, 0.15) is 10.4 Å². The van der Waals surface area contributed by atoms with Crippen molar-refractivity contribution in [1.82, 2.24) is 10.2 Å². The standard InChI is InChI=1S/C20H18N4O7S/c1-30-17-10-14(16(24(26)27)11-18(17)31-2)20(25)21-13-6-4-12(5-7-13)15-8-9-19(23-22-15)32(3,28)29/h4-11H,1-3H3,(H,21,25). The second kappa shape index (κ2) is 8.98. The number of amides is 1. The van der Waals surface area contributed by atoms with Gasteiger partial charge >= 0.3 is 0 Å². The molecule has 0 atom stereocenters. The summed E-state index contributed by atoms with van der Waals surface area (Å²) in [5, 5.41) is 21.5. The Morgan fingerprint density at radius 2 is 1.62 bits per heavy atom. The molecule has 11 nitrogen and oxygen atoms in total. The van der Waals surface area contributed by atoms with Gasteiger partial charge in [-0.1, -0.05) is 12.1 Å². The molecule has 0 unspecified atom stereocenters. The molecule has 1 heterocycles. The van der Waals surface area contributed by atoms with Crippen molar-refractivity contribution in [2.24, 2.45) is 0 Å². The van der Waals surface area contributed by atoms with Crippen LogP contribution in [0.5, 0.6) is 11.5 Å². The number of benzene rings is 2. The summed E-state index contributed by atoms with van der Waals surface area (Å²) in [4.78, 5) is 23.4. The molecule has 0 radical (unpaired) electrons. The van der Waals surface area contributed by atoms with Gasteiger partial charge in [0.05, 0.1) is 30.9 Å². The summed E-state index contributed by atoms with van der Waals surface area (Å²) in [6, 6.07) is 11.7. The van der Waals surface area contributed by atoms with Crippen molar-refractivity contribution in [2.75, 3.05) is 25.8 Å². The number of anilines is 1. The third-order valence-electron chi connectivity index (χ3n) is 4.40. The Morgan fingerprint density at radius 3 is 2.12 bits per heavy atom. The molecule has 166 valence electrons. The van der Waals surface area contributed by atoms with Gasteiger partial charge in [0.1, 0.15) is 5.56 Å². The lowest BCUT2D eigenvalue weighted by Gasteiger charge is -2.11. The quantitative estimate of drug-likeness (QED) is 0.416. The van der Waals surface area contributed by atoms with Crippen LogP contribution in [0.3, 0.4) is 0 Å². The number of ether oxygens (including phenoxy) is 2. The van der Waals surface area contributed by atoms with Crippen molar-refractivity contribution in [3.63, 3.8) is 0 Å². The normalized spacial score (nSPS) is 11.0. The van der Waals surface area contributed by atoms with Crippen molar-refractivity contribution in [1.29, 1.82) is 0 Å². The second-order valence-corrected chi connectivity index (χ2v) is 8.50. The minimum Gasteiger partial charge on any atom is -0.493 e. The van der Waals surface area contributed by atoms with Gasteiger partial charge in [-0.05, 0) is 24.3 Å². The van der Waals surface area contributed by atoms with Crippen LogP contribution in [0.2, 0.25) is 0 Å². The summed E-state index contributed by atoms with van der Waals surface area (Å²) in [7, 11) is -0.762. The van der Waals surface area contributed by atoms with Crippen molar-refractivity contribution in [3.8, 4) is 22.8 Å². The smallest absolute Gasteiger partial charge is 0.286 e. The lowest BCUT2D eigenvalue weighted by molar-refractivity contribution is -0.385. The maximum Gasteiger partial charge on any atom is 0.286 e. The van der Waals surface area contributed by atoms with Gasteiger partial charge in [-0.3, -0.25) is 14.9 Å². The highest BCUT2D eigenvalue weighted by Crippen LogP contribution is 2.35. The van der Waals surface area contributed by atoms with Crippen LogP contribution >= 0.6 is 0 Å². The molecule has 0 saturated carbocycles. The molecular weight excluding hydrogens is 440 g/mol. The van der Waals surface area contributed by atoms with Crippen LogP contribution in [-0.4, -0.2) is 49.9 Å². The summed E-state index contributed by atoms with van der Waals surface area (Å²) in [5.74, 6) is -0.402. The molecule has 0 fully saturated rings. The van der Waals surface area contributed by atoms with Crippen LogP contribution in [-0.2, 0) is 9.84 Å². The number of carbonyl (C=O) groups is 1. The van der Waals surface area contributed by atoms with E-state index >= 15 is 0 Å². The molecule has 2 aromatic carbocycles. The molecule has 0 aliphatic carbocycles. The van der Waals surface area contributed by atoms with Crippen molar-refractivity contribution in [3.05, 3.63) is 64.2 Å². The zero-order valence-corrected chi connectivity index (χ0v) is 18.0. The van der Waals surface area contributed by atoms with E-state index in [0.717, 1.165) is 12.3 Å². The minimum atomic E-state index is -3.45.